The third-order valence-electron chi connectivity index (χ3n) is 8.06. The number of hydrogen-bond donors (Lipinski definition) is 1. The number of carbonyl (C=O) groups excluding carboxylic acids is 1. The van der Waals surface area contributed by atoms with Crippen molar-refractivity contribution in [1.29, 1.82) is 0 Å². The summed E-state index contributed by atoms with van der Waals surface area (Å²) in [7, 11) is -3.25. The standard InChI is InChI=1S/C25H36ClF3N4O4S/c1-18(25(27,28)29)37-23(34)32-14-9-24(10-15-32)8-3-11-33(24)17-19-4-5-20(26)16-22(19)31-12-6-21(7-13-31)30-38(2,35)36/h4-5,16,18,21,30H,3,6-15,17H2,1-2H3. The first-order valence-electron chi connectivity index (χ1n) is 13.0. The topological polar surface area (TPSA) is 82.2 Å². The highest BCUT2D eigenvalue weighted by atomic mass is 35.5. The van der Waals surface area contributed by atoms with E-state index in [1.54, 1.807) is 0 Å². The van der Waals surface area contributed by atoms with Gasteiger partial charge in [0.25, 0.3) is 0 Å². The van der Waals surface area contributed by atoms with E-state index in [0.29, 0.717) is 63.4 Å². The van der Waals surface area contributed by atoms with Gasteiger partial charge in [0, 0.05) is 55.0 Å². The molecule has 0 saturated carbocycles. The Morgan fingerprint density at radius 1 is 1.16 bits per heavy atom. The normalized spacial score (nSPS) is 22.2. The average Bonchev–Trinajstić information content (AvgIpc) is 3.20. The van der Waals surface area contributed by atoms with Crippen LogP contribution in [0.4, 0.5) is 23.7 Å². The SMILES string of the molecule is CC(OC(=O)N1CCC2(CCCN2Cc2ccc(Cl)cc2N2CCC(NS(C)(=O)=O)CC2)CC1)C(F)(F)F. The van der Waals surface area contributed by atoms with Gasteiger partial charge in [-0.3, -0.25) is 4.90 Å². The molecule has 0 radical (unpaired) electrons. The number of nitrogens with one attached hydrogen (secondary N) is 1. The molecular weight excluding hydrogens is 545 g/mol. The fraction of sp³-hybridized carbons (Fsp3) is 0.720. The van der Waals surface area contributed by atoms with E-state index in [9.17, 15) is 26.4 Å². The lowest BCUT2D eigenvalue weighted by Gasteiger charge is -2.45. The second-order valence-corrected chi connectivity index (χ2v) is 12.9. The third-order valence-corrected chi connectivity index (χ3v) is 9.05. The molecule has 1 atom stereocenters. The maximum atomic E-state index is 12.8. The Morgan fingerprint density at radius 3 is 2.42 bits per heavy atom. The molecule has 1 amide bonds. The molecule has 0 bridgehead atoms. The zero-order valence-electron chi connectivity index (χ0n) is 21.8. The maximum Gasteiger partial charge on any atom is 0.425 e. The molecule has 13 heteroatoms. The maximum absolute atomic E-state index is 12.8. The van der Waals surface area contributed by atoms with Gasteiger partial charge in [-0.2, -0.15) is 13.2 Å². The van der Waals surface area contributed by atoms with Crippen LogP contribution in [0.5, 0.6) is 0 Å². The minimum Gasteiger partial charge on any atom is -0.437 e. The van der Waals surface area contributed by atoms with E-state index >= 15 is 0 Å². The van der Waals surface area contributed by atoms with E-state index in [2.05, 4.69) is 19.3 Å². The van der Waals surface area contributed by atoms with Crippen LogP contribution in [-0.2, 0) is 21.3 Å². The number of ether oxygens (including phenoxy) is 1. The van der Waals surface area contributed by atoms with E-state index < -0.39 is 28.4 Å². The summed E-state index contributed by atoms with van der Waals surface area (Å²) >= 11 is 6.37. The van der Waals surface area contributed by atoms with Crippen LogP contribution in [0.1, 0.15) is 51.0 Å². The van der Waals surface area contributed by atoms with Crippen LogP contribution in [0, 0.1) is 0 Å². The van der Waals surface area contributed by atoms with Crippen LogP contribution in [-0.4, -0.2) is 87.2 Å². The van der Waals surface area contributed by atoms with E-state index in [0.717, 1.165) is 37.6 Å². The van der Waals surface area contributed by atoms with Crippen LogP contribution in [0.15, 0.2) is 18.2 Å². The second kappa shape index (κ2) is 11.4. The Bertz CT molecular complexity index is 1100. The van der Waals surface area contributed by atoms with Crippen molar-refractivity contribution in [2.24, 2.45) is 0 Å². The summed E-state index contributed by atoms with van der Waals surface area (Å²) < 4.78 is 69.0. The molecule has 1 spiro atoms. The predicted octanol–water partition coefficient (Wildman–Crippen LogP) is 4.38. The summed E-state index contributed by atoms with van der Waals surface area (Å²) in [6.45, 7) is 4.57. The largest absolute Gasteiger partial charge is 0.437 e. The number of benzene rings is 1. The van der Waals surface area contributed by atoms with E-state index in [-0.39, 0.29) is 11.6 Å². The molecule has 1 N–H and O–H groups in total. The Hall–Kier alpha value is -1.76. The molecular formula is C25H36ClF3N4O4S. The monoisotopic (exact) mass is 580 g/mol. The smallest absolute Gasteiger partial charge is 0.425 e. The lowest BCUT2D eigenvalue weighted by atomic mass is 9.84. The quantitative estimate of drug-likeness (QED) is 0.538. The van der Waals surface area contributed by atoms with Gasteiger partial charge in [0.1, 0.15) is 0 Å². The summed E-state index contributed by atoms with van der Waals surface area (Å²) in [6, 6.07) is 5.79. The van der Waals surface area contributed by atoms with Crippen molar-refractivity contribution in [2.45, 2.75) is 75.9 Å². The molecule has 8 nitrogen and oxygen atoms in total. The fourth-order valence-electron chi connectivity index (χ4n) is 5.92. The molecule has 0 aromatic heterocycles. The van der Waals surface area contributed by atoms with Crippen molar-refractivity contribution in [3.8, 4) is 0 Å². The fourth-order valence-corrected chi connectivity index (χ4v) is 6.92. The Labute approximate surface area is 227 Å². The Balaban J connectivity index is 1.40. The summed E-state index contributed by atoms with van der Waals surface area (Å²) in [6.07, 6.45) is -1.71. The molecule has 1 aromatic rings. The minimum absolute atomic E-state index is 0.0817. The number of rotatable bonds is 6. The van der Waals surface area contributed by atoms with Gasteiger partial charge in [-0.25, -0.2) is 17.9 Å². The molecule has 1 aromatic carbocycles. The number of nitrogens with zero attached hydrogens (tertiary/aromatic N) is 3. The predicted molar refractivity (Wildman–Crippen MR) is 140 cm³/mol. The summed E-state index contributed by atoms with van der Waals surface area (Å²) in [5.74, 6) is 0. The molecule has 0 aliphatic carbocycles. The molecule has 214 valence electrons. The number of alkyl halides is 3. The summed E-state index contributed by atoms with van der Waals surface area (Å²) in [5.41, 5.74) is 2.06. The van der Waals surface area contributed by atoms with Gasteiger partial charge < -0.3 is 14.5 Å². The number of hydrogen-bond acceptors (Lipinski definition) is 6. The van der Waals surface area contributed by atoms with Crippen LogP contribution in [0.3, 0.4) is 0 Å². The van der Waals surface area contributed by atoms with Gasteiger partial charge in [-0.15, -0.1) is 0 Å². The number of sulfonamides is 1. The lowest BCUT2D eigenvalue weighted by Crippen LogP contribution is -2.53. The highest BCUT2D eigenvalue weighted by Gasteiger charge is 2.45. The molecule has 1 unspecified atom stereocenters. The molecule has 38 heavy (non-hydrogen) atoms. The zero-order valence-corrected chi connectivity index (χ0v) is 23.3. The number of anilines is 1. The summed E-state index contributed by atoms with van der Waals surface area (Å²) in [4.78, 5) is 18.4. The van der Waals surface area contributed by atoms with Gasteiger partial charge in [0.2, 0.25) is 10.0 Å². The third kappa shape index (κ3) is 7.05. The van der Waals surface area contributed by atoms with Crippen molar-refractivity contribution in [1.82, 2.24) is 14.5 Å². The van der Waals surface area contributed by atoms with E-state index in [1.807, 2.05) is 18.2 Å². The van der Waals surface area contributed by atoms with Gasteiger partial charge in [-0.1, -0.05) is 17.7 Å². The Morgan fingerprint density at radius 2 is 1.82 bits per heavy atom. The number of likely N-dealkylation sites (tertiary alicyclic amines) is 2. The molecule has 4 rings (SSSR count). The van der Waals surface area contributed by atoms with Crippen LogP contribution in [0.25, 0.3) is 0 Å². The van der Waals surface area contributed by atoms with Crippen LogP contribution in [0.2, 0.25) is 5.02 Å². The van der Waals surface area contributed by atoms with Crippen molar-refractivity contribution in [3.63, 3.8) is 0 Å². The van der Waals surface area contributed by atoms with Crippen molar-refractivity contribution < 1.29 is 31.1 Å². The van der Waals surface area contributed by atoms with Crippen molar-refractivity contribution >= 4 is 33.4 Å². The highest BCUT2D eigenvalue weighted by molar-refractivity contribution is 7.88. The second-order valence-electron chi connectivity index (χ2n) is 10.7. The zero-order chi connectivity index (χ0) is 27.7. The summed E-state index contributed by atoms with van der Waals surface area (Å²) in [5, 5.41) is 0.635. The van der Waals surface area contributed by atoms with Crippen molar-refractivity contribution in [2.75, 3.05) is 43.9 Å². The molecule has 3 fully saturated rings. The molecule has 3 aliphatic heterocycles. The van der Waals surface area contributed by atoms with Crippen LogP contribution >= 0.6 is 11.6 Å². The Kier molecular flexibility index (Phi) is 8.76. The van der Waals surface area contributed by atoms with Gasteiger partial charge >= 0.3 is 12.3 Å². The average molecular weight is 581 g/mol. The van der Waals surface area contributed by atoms with Gasteiger partial charge in [0.15, 0.2) is 6.10 Å². The first kappa shape index (κ1) is 29.2. The first-order chi connectivity index (χ1) is 17.8. The number of piperidine rings is 2. The van der Waals surface area contributed by atoms with Gasteiger partial charge in [0.05, 0.1) is 6.26 Å². The van der Waals surface area contributed by atoms with Crippen molar-refractivity contribution in [3.05, 3.63) is 28.8 Å². The minimum atomic E-state index is -4.58. The molecule has 3 heterocycles. The molecule has 3 aliphatic rings. The lowest BCUT2D eigenvalue weighted by molar-refractivity contribution is -0.200. The van der Waals surface area contributed by atoms with Crippen LogP contribution < -0.4 is 9.62 Å². The highest BCUT2D eigenvalue weighted by Crippen LogP contribution is 2.41. The number of halogens is 4. The number of amides is 1. The van der Waals surface area contributed by atoms with E-state index in [4.69, 9.17) is 11.6 Å². The van der Waals surface area contributed by atoms with Gasteiger partial charge in [-0.05, 0) is 69.7 Å². The first-order valence-corrected chi connectivity index (χ1v) is 15.3. The number of carbonyl (C=O) groups is 1. The molecule has 3 saturated heterocycles. The van der Waals surface area contributed by atoms with E-state index in [1.165, 1.54) is 11.2 Å².